The van der Waals surface area contributed by atoms with Gasteiger partial charge >= 0.3 is 0 Å². The lowest BCUT2D eigenvalue weighted by Crippen LogP contribution is -2.29. The van der Waals surface area contributed by atoms with Crippen molar-refractivity contribution in [3.63, 3.8) is 0 Å². The highest BCUT2D eigenvalue weighted by molar-refractivity contribution is 7.89. The second-order valence-electron chi connectivity index (χ2n) is 5.99. The van der Waals surface area contributed by atoms with Gasteiger partial charge in [0.05, 0.1) is 22.6 Å². The average molecular weight is 380 g/mol. The summed E-state index contributed by atoms with van der Waals surface area (Å²) in [6.45, 7) is 0.546. The number of benzene rings is 2. The van der Waals surface area contributed by atoms with Crippen LogP contribution in [0.25, 0.3) is 0 Å². The molecule has 2 aromatic rings. The van der Waals surface area contributed by atoms with Crippen molar-refractivity contribution in [3.05, 3.63) is 59.2 Å². The number of fused-ring (bicyclic) bond motifs is 1. The van der Waals surface area contributed by atoms with Crippen molar-refractivity contribution in [2.24, 2.45) is 0 Å². The largest absolute Gasteiger partial charge is 0.308 e. The third-order valence-corrected chi connectivity index (χ3v) is 5.77. The van der Waals surface area contributed by atoms with Gasteiger partial charge in [0.1, 0.15) is 0 Å². The number of carbonyl (C=O) groups is 1. The first-order valence-electron chi connectivity index (χ1n) is 8.28. The second kappa shape index (κ2) is 7.58. The Hall–Kier alpha value is -3.20. The number of anilines is 1. The van der Waals surface area contributed by atoms with Crippen molar-refractivity contribution in [2.75, 3.05) is 18.0 Å². The van der Waals surface area contributed by atoms with Gasteiger partial charge in [0, 0.05) is 30.8 Å². The fourth-order valence-electron chi connectivity index (χ4n) is 2.92. The Morgan fingerprint density at radius 1 is 1.15 bits per heavy atom. The molecule has 0 bridgehead atoms. The van der Waals surface area contributed by atoms with Crippen LogP contribution >= 0.6 is 0 Å². The molecule has 0 saturated heterocycles. The van der Waals surface area contributed by atoms with E-state index < -0.39 is 10.0 Å². The van der Waals surface area contributed by atoms with Crippen molar-refractivity contribution in [3.8, 4) is 12.1 Å². The number of sulfonamides is 1. The van der Waals surface area contributed by atoms with Crippen molar-refractivity contribution in [1.82, 2.24) is 4.72 Å². The number of amides is 1. The van der Waals surface area contributed by atoms with Crippen LogP contribution in [-0.4, -0.2) is 27.4 Å². The molecule has 0 fully saturated rings. The highest BCUT2D eigenvalue weighted by Crippen LogP contribution is 2.30. The molecule has 0 spiro atoms. The molecular weight excluding hydrogens is 364 g/mol. The monoisotopic (exact) mass is 380 g/mol. The molecule has 7 nitrogen and oxygen atoms in total. The number of carbonyl (C=O) groups excluding carboxylic acids is 1. The van der Waals surface area contributed by atoms with Gasteiger partial charge < -0.3 is 4.90 Å². The van der Waals surface area contributed by atoms with E-state index in [4.69, 9.17) is 10.5 Å². The second-order valence-corrected chi connectivity index (χ2v) is 7.76. The quantitative estimate of drug-likeness (QED) is 0.796. The van der Waals surface area contributed by atoms with Gasteiger partial charge in [-0.2, -0.15) is 10.5 Å². The first-order valence-corrected chi connectivity index (χ1v) is 9.76. The molecule has 0 aliphatic carbocycles. The van der Waals surface area contributed by atoms with Gasteiger partial charge in [-0.25, -0.2) is 13.1 Å². The van der Waals surface area contributed by atoms with Gasteiger partial charge in [-0.1, -0.05) is 6.07 Å². The van der Waals surface area contributed by atoms with E-state index in [0.29, 0.717) is 29.8 Å². The van der Waals surface area contributed by atoms with Crippen LogP contribution in [0.1, 0.15) is 27.9 Å². The third-order valence-electron chi connectivity index (χ3n) is 4.30. The predicted molar refractivity (Wildman–Crippen MR) is 98.4 cm³/mol. The van der Waals surface area contributed by atoms with Crippen LogP contribution < -0.4 is 9.62 Å². The lowest BCUT2D eigenvalue weighted by atomic mass is 10.1. The van der Waals surface area contributed by atoms with Crippen molar-refractivity contribution >= 4 is 21.6 Å². The Kier molecular flexibility index (Phi) is 5.22. The minimum atomic E-state index is -3.71. The summed E-state index contributed by atoms with van der Waals surface area (Å²) in [5, 5.41) is 17.6. The molecule has 0 atom stereocenters. The van der Waals surface area contributed by atoms with Crippen LogP contribution in [0.5, 0.6) is 0 Å². The molecule has 0 unspecified atom stereocenters. The van der Waals surface area contributed by atoms with Gasteiger partial charge in [-0.15, -0.1) is 0 Å². The van der Waals surface area contributed by atoms with Gasteiger partial charge in [-0.3, -0.25) is 4.79 Å². The number of hydrogen-bond donors (Lipinski definition) is 1. The summed E-state index contributed by atoms with van der Waals surface area (Å²) in [6.07, 6.45) is 0.789. The fourth-order valence-corrected chi connectivity index (χ4v) is 3.95. The zero-order valence-electron chi connectivity index (χ0n) is 14.3. The minimum Gasteiger partial charge on any atom is -0.308 e. The Balaban J connectivity index is 1.80. The maximum Gasteiger partial charge on any atom is 0.258 e. The molecule has 1 N–H and O–H groups in total. The smallest absolute Gasteiger partial charge is 0.258 e. The maximum atomic E-state index is 12.8. The molecule has 8 heteroatoms. The summed E-state index contributed by atoms with van der Waals surface area (Å²) in [7, 11) is -3.71. The van der Waals surface area contributed by atoms with Crippen LogP contribution in [-0.2, 0) is 16.4 Å². The number of nitrogens with one attached hydrogen (secondary N) is 1. The molecule has 0 saturated carbocycles. The Labute approximate surface area is 157 Å². The van der Waals surface area contributed by atoms with E-state index in [9.17, 15) is 13.2 Å². The molecule has 3 rings (SSSR count). The van der Waals surface area contributed by atoms with Crippen LogP contribution in [0.3, 0.4) is 0 Å². The standard InChI is InChI=1S/C19H16N4O3S/c20-9-1-10-22-27(25,26)17-6-4-16(5-7-17)19(24)23-11-8-15-3-2-14(13-21)12-18(15)23/h2-7,12,22H,1,8,10-11H2. The van der Waals surface area contributed by atoms with E-state index in [0.717, 1.165) is 5.56 Å². The summed E-state index contributed by atoms with van der Waals surface area (Å²) >= 11 is 0. The van der Waals surface area contributed by atoms with Crippen LogP contribution in [0, 0.1) is 22.7 Å². The Bertz CT molecular complexity index is 1060. The topological polar surface area (TPSA) is 114 Å². The lowest BCUT2D eigenvalue weighted by molar-refractivity contribution is 0.0989. The number of hydrogen-bond acceptors (Lipinski definition) is 5. The molecule has 1 heterocycles. The van der Waals surface area contributed by atoms with E-state index in [1.165, 1.54) is 24.3 Å². The van der Waals surface area contributed by atoms with E-state index in [1.807, 2.05) is 12.1 Å². The molecule has 0 aromatic heterocycles. The van der Waals surface area contributed by atoms with Crippen molar-refractivity contribution < 1.29 is 13.2 Å². The first-order chi connectivity index (χ1) is 13.0. The Morgan fingerprint density at radius 2 is 1.89 bits per heavy atom. The van der Waals surface area contributed by atoms with Gasteiger partial charge in [0.2, 0.25) is 10.0 Å². The molecule has 0 radical (unpaired) electrons. The summed E-state index contributed by atoms with van der Waals surface area (Å²) < 4.78 is 26.6. The minimum absolute atomic E-state index is 0.0329. The Morgan fingerprint density at radius 3 is 2.56 bits per heavy atom. The third kappa shape index (κ3) is 3.82. The summed E-state index contributed by atoms with van der Waals surface area (Å²) in [5.74, 6) is -0.245. The molecule has 1 aliphatic rings. The molecule has 136 valence electrons. The molecule has 27 heavy (non-hydrogen) atoms. The highest BCUT2D eigenvalue weighted by atomic mass is 32.2. The predicted octanol–water partition coefficient (Wildman–Crippen LogP) is 1.95. The van der Waals surface area contributed by atoms with E-state index >= 15 is 0 Å². The van der Waals surface area contributed by atoms with Gasteiger partial charge in [0.25, 0.3) is 5.91 Å². The number of nitriles is 2. The molecular formula is C19H16N4O3S. The molecule has 1 amide bonds. The van der Waals surface area contributed by atoms with Crippen LogP contribution in [0.2, 0.25) is 0 Å². The average Bonchev–Trinajstić information content (AvgIpc) is 3.10. The summed E-state index contributed by atoms with van der Waals surface area (Å²) in [5.41, 5.74) is 2.57. The van der Waals surface area contributed by atoms with Crippen molar-refractivity contribution in [1.29, 1.82) is 10.5 Å². The zero-order valence-corrected chi connectivity index (χ0v) is 15.2. The van der Waals surface area contributed by atoms with Gasteiger partial charge in [0.15, 0.2) is 0 Å². The first kappa shape index (κ1) is 18.6. The highest BCUT2D eigenvalue weighted by Gasteiger charge is 2.26. The fraction of sp³-hybridized carbons (Fsp3) is 0.211. The maximum absolute atomic E-state index is 12.8. The number of rotatable bonds is 5. The van der Waals surface area contributed by atoms with E-state index in [2.05, 4.69) is 10.8 Å². The zero-order chi connectivity index (χ0) is 19.4. The summed E-state index contributed by atoms with van der Waals surface area (Å²) in [4.78, 5) is 14.5. The van der Waals surface area contributed by atoms with Crippen LogP contribution in [0.4, 0.5) is 5.69 Å². The lowest BCUT2D eigenvalue weighted by Gasteiger charge is -2.18. The normalized spacial score (nSPS) is 12.9. The van der Waals surface area contributed by atoms with Crippen molar-refractivity contribution in [2.45, 2.75) is 17.7 Å². The summed E-state index contributed by atoms with van der Waals surface area (Å²) in [6, 6.07) is 14.9. The van der Waals surface area contributed by atoms with E-state index in [-0.39, 0.29) is 23.8 Å². The SMILES string of the molecule is N#CCCNS(=O)(=O)c1ccc(C(=O)N2CCc3ccc(C#N)cc32)cc1. The molecule has 2 aromatic carbocycles. The van der Waals surface area contributed by atoms with E-state index in [1.54, 1.807) is 17.0 Å². The molecule has 1 aliphatic heterocycles. The van der Waals surface area contributed by atoms with Crippen LogP contribution in [0.15, 0.2) is 47.4 Å². The number of nitrogens with zero attached hydrogens (tertiary/aromatic N) is 3. The van der Waals surface area contributed by atoms with Gasteiger partial charge in [-0.05, 0) is 48.4 Å².